The predicted molar refractivity (Wildman–Crippen MR) is 86.0 cm³/mol. The largest absolute Gasteiger partial charge is 0.297 e. The van der Waals surface area contributed by atoms with Gasteiger partial charge in [0.1, 0.15) is 5.54 Å². The van der Waals surface area contributed by atoms with E-state index in [1.165, 1.54) is 28.9 Å². The molecule has 2 atom stereocenters. The Hall–Kier alpha value is -0.980. The number of aryl methyl sites for hydroxylation is 2. The van der Waals surface area contributed by atoms with Gasteiger partial charge in [-0.05, 0) is 51.7 Å². The van der Waals surface area contributed by atoms with Gasteiger partial charge in [0.25, 0.3) is 0 Å². The second kappa shape index (κ2) is 6.20. The molecule has 0 heterocycles. The lowest BCUT2D eigenvalue weighted by Crippen LogP contribution is -2.44. The summed E-state index contributed by atoms with van der Waals surface area (Å²) in [7, 11) is 0. The van der Waals surface area contributed by atoms with Crippen molar-refractivity contribution in [2.75, 3.05) is 0 Å². The number of nitrogens with zero attached hydrogens (tertiary/aromatic N) is 1. The summed E-state index contributed by atoms with van der Waals surface area (Å²) in [6.07, 6.45) is 3.31. The van der Waals surface area contributed by atoms with E-state index < -0.39 is 5.54 Å². The third kappa shape index (κ3) is 4.26. The van der Waals surface area contributed by atoms with Crippen LogP contribution in [-0.2, 0) is 0 Å². The van der Waals surface area contributed by atoms with Crippen LogP contribution in [0.1, 0.15) is 44.2 Å². The van der Waals surface area contributed by atoms with Crippen LogP contribution in [0.15, 0.2) is 23.1 Å². The number of benzene rings is 1. The summed E-state index contributed by atoms with van der Waals surface area (Å²) in [4.78, 5) is 1.33. The molecule has 0 aliphatic heterocycles. The number of nitrogens with one attached hydrogen (secondary N) is 1. The molecule has 1 aliphatic rings. The van der Waals surface area contributed by atoms with E-state index in [0.29, 0.717) is 11.3 Å². The van der Waals surface area contributed by atoms with Gasteiger partial charge in [-0.25, -0.2) is 0 Å². The first-order valence-corrected chi connectivity index (χ1v) is 8.23. The van der Waals surface area contributed by atoms with Crippen molar-refractivity contribution in [1.29, 1.82) is 5.26 Å². The topological polar surface area (TPSA) is 35.8 Å². The molecule has 20 heavy (non-hydrogen) atoms. The molecule has 0 saturated heterocycles. The number of hydrogen-bond donors (Lipinski definition) is 1. The van der Waals surface area contributed by atoms with Gasteiger partial charge in [-0.15, -0.1) is 11.8 Å². The van der Waals surface area contributed by atoms with E-state index in [9.17, 15) is 5.26 Å². The molecule has 2 unspecified atom stereocenters. The molecule has 0 spiro atoms. The molecule has 1 fully saturated rings. The zero-order chi connectivity index (χ0) is 14.8. The predicted octanol–water partition coefficient (Wildman–Crippen LogP) is 4.21. The Labute approximate surface area is 127 Å². The van der Waals surface area contributed by atoms with Gasteiger partial charge in [-0.1, -0.05) is 24.6 Å². The fourth-order valence-electron chi connectivity index (χ4n) is 2.58. The third-order valence-electron chi connectivity index (χ3n) is 3.70. The maximum absolute atomic E-state index is 9.45. The Kier molecular flexibility index (Phi) is 4.78. The maximum Gasteiger partial charge on any atom is 0.105 e. The van der Waals surface area contributed by atoms with Crippen LogP contribution in [-0.4, -0.2) is 16.8 Å². The summed E-state index contributed by atoms with van der Waals surface area (Å²) in [5.41, 5.74) is 2.24. The fraction of sp³-hybridized carbons (Fsp3) is 0.588. The minimum Gasteiger partial charge on any atom is -0.297 e. The van der Waals surface area contributed by atoms with Gasteiger partial charge in [0.15, 0.2) is 0 Å². The molecule has 1 N–H and O–H groups in total. The summed E-state index contributed by atoms with van der Waals surface area (Å²) in [6.45, 7) is 8.53. The van der Waals surface area contributed by atoms with Crippen molar-refractivity contribution < 1.29 is 0 Å². The Morgan fingerprint density at radius 1 is 1.45 bits per heavy atom. The molecule has 0 aromatic heterocycles. The van der Waals surface area contributed by atoms with Crippen molar-refractivity contribution in [2.24, 2.45) is 0 Å². The molecular weight excluding hydrogens is 264 g/mol. The molecule has 0 amide bonds. The van der Waals surface area contributed by atoms with E-state index in [2.05, 4.69) is 50.4 Å². The molecule has 1 aliphatic carbocycles. The monoisotopic (exact) mass is 288 g/mol. The highest BCUT2D eigenvalue weighted by Crippen LogP contribution is 2.32. The van der Waals surface area contributed by atoms with Gasteiger partial charge in [0.05, 0.1) is 6.07 Å². The van der Waals surface area contributed by atoms with Crippen LogP contribution in [0.2, 0.25) is 0 Å². The average Bonchev–Trinajstić information content (AvgIpc) is 3.16. The number of nitriles is 1. The Bertz CT molecular complexity index is 516. The van der Waals surface area contributed by atoms with Crippen LogP contribution in [0, 0.1) is 25.2 Å². The molecule has 1 saturated carbocycles. The third-order valence-corrected chi connectivity index (χ3v) is 4.98. The number of hydrogen-bond acceptors (Lipinski definition) is 3. The SMILES string of the molecule is Cc1ccc(SC(C)CC(C)(C#N)NC2CC2)c(C)c1. The zero-order valence-corrected chi connectivity index (χ0v) is 13.7. The summed E-state index contributed by atoms with van der Waals surface area (Å²) < 4.78 is 0. The Morgan fingerprint density at radius 2 is 2.15 bits per heavy atom. The van der Waals surface area contributed by atoms with E-state index in [4.69, 9.17) is 0 Å². The smallest absolute Gasteiger partial charge is 0.105 e. The zero-order valence-electron chi connectivity index (χ0n) is 12.9. The van der Waals surface area contributed by atoms with Crippen molar-refractivity contribution in [3.05, 3.63) is 29.3 Å². The van der Waals surface area contributed by atoms with Crippen molar-refractivity contribution in [3.8, 4) is 6.07 Å². The standard InChI is InChI=1S/C17H24N2S/c1-12-5-8-16(13(2)9-12)20-14(3)10-17(4,11-18)19-15-6-7-15/h5,8-9,14-15,19H,6-7,10H2,1-4H3. The molecular formula is C17H24N2S. The van der Waals surface area contributed by atoms with Crippen LogP contribution in [0.5, 0.6) is 0 Å². The first kappa shape index (κ1) is 15.4. The van der Waals surface area contributed by atoms with Crippen LogP contribution in [0.25, 0.3) is 0 Å². The van der Waals surface area contributed by atoms with Crippen LogP contribution < -0.4 is 5.32 Å². The lowest BCUT2D eigenvalue weighted by atomic mass is 9.98. The molecule has 2 rings (SSSR count). The second-order valence-electron chi connectivity index (χ2n) is 6.26. The second-order valence-corrected chi connectivity index (χ2v) is 7.74. The summed E-state index contributed by atoms with van der Waals surface area (Å²) in [6, 6.07) is 9.62. The molecule has 0 bridgehead atoms. The fourth-order valence-corrected chi connectivity index (χ4v) is 3.82. The van der Waals surface area contributed by atoms with Crippen molar-refractivity contribution in [2.45, 2.75) is 68.7 Å². The first-order valence-electron chi connectivity index (χ1n) is 7.35. The summed E-state index contributed by atoms with van der Waals surface area (Å²) in [5.74, 6) is 0. The highest BCUT2D eigenvalue weighted by atomic mass is 32.2. The van der Waals surface area contributed by atoms with Gasteiger partial charge < -0.3 is 0 Å². The Balaban J connectivity index is 1.96. The van der Waals surface area contributed by atoms with Gasteiger partial charge >= 0.3 is 0 Å². The number of rotatable bonds is 6. The normalized spacial score (nSPS) is 19.1. The Morgan fingerprint density at radius 3 is 2.70 bits per heavy atom. The van der Waals surface area contributed by atoms with Gasteiger partial charge in [-0.3, -0.25) is 5.32 Å². The van der Waals surface area contributed by atoms with Crippen LogP contribution in [0.3, 0.4) is 0 Å². The van der Waals surface area contributed by atoms with Gasteiger partial charge in [-0.2, -0.15) is 5.26 Å². The molecule has 108 valence electrons. The quantitative estimate of drug-likeness (QED) is 0.797. The van der Waals surface area contributed by atoms with E-state index in [1.54, 1.807) is 0 Å². The van der Waals surface area contributed by atoms with Crippen LogP contribution in [0.4, 0.5) is 0 Å². The lowest BCUT2D eigenvalue weighted by molar-refractivity contribution is 0.415. The van der Waals surface area contributed by atoms with E-state index in [0.717, 1.165) is 6.42 Å². The van der Waals surface area contributed by atoms with E-state index in [-0.39, 0.29) is 0 Å². The van der Waals surface area contributed by atoms with Crippen LogP contribution >= 0.6 is 11.8 Å². The minimum absolute atomic E-state index is 0.397. The molecule has 1 aromatic rings. The van der Waals surface area contributed by atoms with Gasteiger partial charge in [0.2, 0.25) is 0 Å². The highest BCUT2D eigenvalue weighted by molar-refractivity contribution is 8.00. The minimum atomic E-state index is -0.397. The van der Waals surface area contributed by atoms with Gasteiger partial charge in [0, 0.05) is 16.2 Å². The maximum atomic E-state index is 9.45. The van der Waals surface area contributed by atoms with Crippen molar-refractivity contribution in [1.82, 2.24) is 5.32 Å². The number of thioether (sulfide) groups is 1. The summed E-state index contributed by atoms with van der Waals surface area (Å²) >= 11 is 1.88. The lowest BCUT2D eigenvalue weighted by Gasteiger charge is -2.26. The average molecular weight is 288 g/mol. The van der Waals surface area contributed by atoms with Crippen molar-refractivity contribution >= 4 is 11.8 Å². The molecule has 2 nitrogen and oxygen atoms in total. The van der Waals surface area contributed by atoms with E-state index in [1.807, 2.05) is 18.7 Å². The van der Waals surface area contributed by atoms with E-state index >= 15 is 0 Å². The highest BCUT2D eigenvalue weighted by Gasteiger charge is 2.33. The molecule has 0 radical (unpaired) electrons. The molecule has 1 aromatic carbocycles. The first-order chi connectivity index (χ1) is 9.42. The molecule has 3 heteroatoms. The summed E-state index contributed by atoms with van der Waals surface area (Å²) in [5, 5.41) is 13.4. The van der Waals surface area contributed by atoms with Crippen molar-refractivity contribution in [3.63, 3.8) is 0 Å².